The lowest BCUT2D eigenvalue weighted by Crippen LogP contribution is -2.18. The van der Waals surface area contributed by atoms with E-state index in [1.807, 2.05) is 31.2 Å². The minimum absolute atomic E-state index is 0.150. The third kappa shape index (κ3) is 9.38. The Bertz CT molecular complexity index is 893. The average molecular weight is 445 g/mol. The first kappa shape index (κ1) is 28.3. The van der Waals surface area contributed by atoms with Crippen LogP contribution in [0, 0.1) is 0 Å². The standard InChI is InChI=1S/C17H20O3.2C4H6O2/c1-4-20-16-11-13(7-10-15(16)19)17(2,3)12-5-8-14(18)9-6-12;2*1-3(2)4(5)6/h5-11,18-19H,4H2,1-3H3;2*1H2,2H3,(H,5,6). The zero-order chi connectivity index (χ0) is 25.1. The van der Waals surface area contributed by atoms with Crippen LogP contribution in [0.1, 0.15) is 45.7 Å². The lowest BCUT2D eigenvalue weighted by atomic mass is 9.78. The second kappa shape index (κ2) is 12.8. The summed E-state index contributed by atoms with van der Waals surface area (Å²) in [6.07, 6.45) is 0. The van der Waals surface area contributed by atoms with Crippen LogP contribution in [0.5, 0.6) is 17.2 Å². The molecule has 0 bridgehead atoms. The average Bonchev–Trinajstić information content (AvgIpc) is 2.70. The van der Waals surface area contributed by atoms with E-state index in [1.54, 1.807) is 18.2 Å². The van der Waals surface area contributed by atoms with E-state index in [-0.39, 0.29) is 28.1 Å². The van der Waals surface area contributed by atoms with Gasteiger partial charge in [0.15, 0.2) is 11.5 Å². The summed E-state index contributed by atoms with van der Waals surface area (Å²) >= 11 is 0. The predicted octanol–water partition coefficient (Wildman–Crippen LogP) is 5.12. The molecule has 2 aromatic rings. The summed E-state index contributed by atoms with van der Waals surface area (Å²) in [5.74, 6) is -0.968. The van der Waals surface area contributed by atoms with Crippen molar-refractivity contribution in [1.82, 2.24) is 0 Å². The molecule has 2 rings (SSSR count). The number of phenols is 2. The molecule has 174 valence electrons. The monoisotopic (exact) mass is 444 g/mol. The van der Waals surface area contributed by atoms with Crippen LogP contribution in [-0.2, 0) is 15.0 Å². The van der Waals surface area contributed by atoms with Crippen molar-refractivity contribution in [3.63, 3.8) is 0 Å². The third-order valence-corrected chi connectivity index (χ3v) is 4.30. The van der Waals surface area contributed by atoms with E-state index < -0.39 is 11.9 Å². The van der Waals surface area contributed by atoms with Gasteiger partial charge in [0, 0.05) is 16.6 Å². The number of rotatable bonds is 6. The van der Waals surface area contributed by atoms with Crippen molar-refractivity contribution in [2.45, 2.75) is 40.0 Å². The molecular formula is C25H32O7. The number of carboxylic acids is 2. The van der Waals surface area contributed by atoms with Crippen molar-refractivity contribution >= 4 is 11.9 Å². The normalized spacial score (nSPS) is 9.91. The Balaban J connectivity index is 0.000000662. The van der Waals surface area contributed by atoms with Crippen molar-refractivity contribution in [1.29, 1.82) is 0 Å². The lowest BCUT2D eigenvalue weighted by molar-refractivity contribution is -0.133. The lowest BCUT2D eigenvalue weighted by Gasteiger charge is -2.26. The maximum Gasteiger partial charge on any atom is 0.330 e. The van der Waals surface area contributed by atoms with Crippen LogP contribution in [0.3, 0.4) is 0 Å². The minimum atomic E-state index is -0.935. The number of benzene rings is 2. The number of aromatic hydroxyl groups is 2. The quantitative estimate of drug-likeness (QED) is 0.456. The van der Waals surface area contributed by atoms with Crippen LogP contribution in [0.4, 0.5) is 0 Å². The largest absolute Gasteiger partial charge is 0.508 e. The van der Waals surface area contributed by atoms with E-state index in [0.717, 1.165) is 11.1 Å². The number of carbonyl (C=O) groups is 2. The fourth-order valence-corrected chi connectivity index (χ4v) is 2.22. The molecule has 0 aliphatic heterocycles. The Hall–Kier alpha value is -3.74. The highest BCUT2D eigenvalue weighted by Crippen LogP contribution is 2.37. The Morgan fingerprint density at radius 1 is 0.875 bits per heavy atom. The van der Waals surface area contributed by atoms with E-state index >= 15 is 0 Å². The number of hydrogen-bond donors (Lipinski definition) is 4. The maximum atomic E-state index is 9.78. The molecule has 0 saturated carbocycles. The number of aliphatic carboxylic acids is 2. The first-order valence-electron chi connectivity index (χ1n) is 9.77. The van der Waals surface area contributed by atoms with Crippen LogP contribution >= 0.6 is 0 Å². The Morgan fingerprint density at radius 3 is 1.66 bits per heavy atom. The Labute approximate surface area is 188 Å². The molecule has 0 saturated heterocycles. The number of hydrogen-bond acceptors (Lipinski definition) is 5. The van der Waals surface area contributed by atoms with Crippen LogP contribution < -0.4 is 4.74 Å². The first-order chi connectivity index (χ1) is 14.7. The highest BCUT2D eigenvalue weighted by molar-refractivity contribution is 5.85. The molecule has 0 spiro atoms. The summed E-state index contributed by atoms with van der Waals surface area (Å²) in [6, 6.07) is 12.6. The van der Waals surface area contributed by atoms with Crippen LogP contribution in [0.25, 0.3) is 0 Å². The second-order valence-corrected chi connectivity index (χ2v) is 7.46. The van der Waals surface area contributed by atoms with Crippen LogP contribution in [-0.4, -0.2) is 39.0 Å². The molecule has 2 aromatic carbocycles. The van der Waals surface area contributed by atoms with Crippen molar-refractivity contribution in [2.75, 3.05) is 6.61 Å². The highest BCUT2D eigenvalue weighted by Gasteiger charge is 2.24. The molecular weight excluding hydrogens is 412 g/mol. The molecule has 32 heavy (non-hydrogen) atoms. The van der Waals surface area contributed by atoms with Gasteiger partial charge in [0.25, 0.3) is 0 Å². The summed E-state index contributed by atoms with van der Waals surface area (Å²) in [7, 11) is 0. The van der Waals surface area contributed by atoms with Crippen molar-refractivity contribution in [3.05, 3.63) is 77.9 Å². The molecule has 4 N–H and O–H groups in total. The molecule has 0 amide bonds. The highest BCUT2D eigenvalue weighted by atomic mass is 16.5. The first-order valence-corrected chi connectivity index (χ1v) is 9.77. The molecule has 0 aromatic heterocycles. The zero-order valence-electron chi connectivity index (χ0n) is 19.2. The molecule has 0 unspecified atom stereocenters. The van der Waals surface area contributed by atoms with E-state index in [9.17, 15) is 19.8 Å². The van der Waals surface area contributed by atoms with Gasteiger partial charge in [0.05, 0.1) is 6.61 Å². The molecule has 0 radical (unpaired) electrons. The topological polar surface area (TPSA) is 124 Å². The van der Waals surface area contributed by atoms with Gasteiger partial charge in [-0.3, -0.25) is 0 Å². The molecule has 7 nitrogen and oxygen atoms in total. The van der Waals surface area contributed by atoms with Gasteiger partial charge in [0.2, 0.25) is 0 Å². The number of ether oxygens (including phenoxy) is 1. The van der Waals surface area contributed by atoms with Crippen LogP contribution in [0.15, 0.2) is 66.8 Å². The summed E-state index contributed by atoms with van der Waals surface area (Å²) in [6.45, 7) is 15.8. The van der Waals surface area contributed by atoms with Crippen molar-refractivity contribution in [2.24, 2.45) is 0 Å². The molecule has 0 atom stereocenters. The molecule has 0 aliphatic carbocycles. The summed E-state index contributed by atoms with van der Waals surface area (Å²) in [5.41, 5.74) is 2.24. The van der Waals surface area contributed by atoms with E-state index in [1.165, 1.54) is 13.8 Å². The van der Waals surface area contributed by atoms with Crippen molar-refractivity contribution in [3.8, 4) is 17.2 Å². The van der Waals surface area contributed by atoms with E-state index in [0.29, 0.717) is 12.4 Å². The van der Waals surface area contributed by atoms with Gasteiger partial charge in [-0.2, -0.15) is 0 Å². The van der Waals surface area contributed by atoms with Gasteiger partial charge < -0.3 is 25.2 Å². The van der Waals surface area contributed by atoms with E-state index in [4.69, 9.17) is 14.9 Å². The second-order valence-electron chi connectivity index (χ2n) is 7.46. The fraction of sp³-hybridized carbons (Fsp3) is 0.280. The summed E-state index contributed by atoms with van der Waals surface area (Å²) in [4.78, 5) is 19.2. The number of carboxylic acid groups (broad SMARTS) is 2. The van der Waals surface area contributed by atoms with Gasteiger partial charge in [-0.15, -0.1) is 0 Å². The smallest absolute Gasteiger partial charge is 0.330 e. The Kier molecular flexibility index (Phi) is 11.3. The fourth-order valence-electron chi connectivity index (χ4n) is 2.22. The maximum absolute atomic E-state index is 9.78. The zero-order valence-corrected chi connectivity index (χ0v) is 19.2. The molecule has 0 aliphatic rings. The van der Waals surface area contributed by atoms with E-state index in [2.05, 4.69) is 27.0 Å². The predicted molar refractivity (Wildman–Crippen MR) is 124 cm³/mol. The molecule has 7 heteroatoms. The van der Waals surface area contributed by atoms with Gasteiger partial charge in [-0.05, 0) is 56.2 Å². The molecule has 0 fully saturated rings. The number of phenolic OH excluding ortho intramolecular Hbond substituents is 2. The summed E-state index contributed by atoms with van der Waals surface area (Å²) < 4.78 is 5.44. The molecule has 0 heterocycles. The third-order valence-electron chi connectivity index (χ3n) is 4.30. The van der Waals surface area contributed by atoms with Crippen molar-refractivity contribution < 1.29 is 34.8 Å². The minimum Gasteiger partial charge on any atom is -0.508 e. The Morgan fingerprint density at radius 2 is 1.28 bits per heavy atom. The summed E-state index contributed by atoms with van der Waals surface area (Å²) in [5, 5.41) is 35.0. The SMILES string of the molecule is C=C(C)C(=O)O.C=C(C)C(=O)O.CCOc1cc(C(C)(C)c2ccc(O)cc2)ccc1O. The van der Waals surface area contributed by atoms with Gasteiger partial charge in [-0.25, -0.2) is 9.59 Å². The van der Waals surface area contributed by atoms with Gasteiger partial charge >= 0.3 is 11.9 Å². The van der Waals surface area contributed by atoms with Gasteiger partial charge in [0.1, 0.15) is 5.75 Å². The van der Waals surface area contributed by atoms with Gasteiger partial charge in [-0.1, -0.05) is 45.2 Å². The van der Waals surface area contributed by atoms with Crippen LogP contribution in [0.2, 0.25) is 0 Å².